The van der Waals surface area contributed by atoms with Crippen molar-refractivity contribution in [2.24, 2.45) is 5.92 Å². The number of benzene rings is 1. The summed E-state index contributed by atoms with van der Waals surface area (Å²) in [6.07, 6.45) is 3.80. The van der Waals surface area contributed by atoms with Crippen molar-refractivity contribution >= 4 is 11.8 Å². The second kappa shape index (κ2) is 8.80. The molecule has 0 amide bonds. The summed E-state index contributed by atoms with van der Waals surface area (Å²) in [5.41, 5.74) is 2.23. The molecule has 1 aliphatic rings. The molecule has 22 heavy (non-hydrogen) atoms. The van der Waals surface area contributed by atoms with E-state index in [1.54, 1.807) is 0 Å². The van der Waals surface area contributed by atoms with Crippen LogP contribution < -0.4 is 4.74 Å². The van der Waals surface area contributed by atoms with Crippen LogP contribution in [0.2, 0.25) is 0 Å². The Morgan fingerprint density at radius 1 is 1.36 bits per heavy atom. The van der Waals surface area contributed by atoms with E-state index in [1.807, 2.05) is 23.9 Å². The first-order valence-electron chi connectivity index (χ1n) is 8.25. The number of thioether (sulfide) groups is 1. The summed E-state index contributed by atoms with van der Waals surface area (Å²) in [5.74, 6) is 2.68. The van der Waals surface area contributed by atoms with Crippen molar-refractivity contribution in [3.8, 4) is 5.75 Å². The smallest absolute Gasteiger partial charge is 0.123 e. The van der Waals surface area contributed by atoms with Gasteiger partial charge in [-0.15, -0.1) is 0 Å². The van der Waals surface area contributed by atoms with Crippen LogP contribution in [0.25, 0.3) is 0 Å². The molecule has 1 aromatic rings. The van der Waals surface area contributed by atoms with E-state index in [0.717, 1.165) is 44.0 Å². The lowest BCUT2D eigenvalue weighted by Crippen LogP contribution is -2.27. The Hall–Kier alpha value is -0.710. The molecule has 0 aliphatic carbocycles. The molecule has 1 aromatic carbocycles. The molecule has 1 aliphatic heterocycles. The second-order valence-corrected chi connectivity index (χ2v) is 7.47. The topological polar surface area (TPSA) is 32.7 Å². The number of fused-ring (bicyclic) bond motifs is 1. The van der Waals surface area contributed by atoms with Gasteiger partial charge in [0, 0.05) is 18.7 Å². The Morgan fingerprint density at radius 2 is 2.18 bits per heavy atom. The van der Waals surface area contributed by atoms with Gasteiger partial charge in [0.2, 0.25) is 0 Å². The Kier molecular flexibility index (Phi) is 7.06. The first kappa shape index (κ1) is 17.6. The van der Waals surface area contributed by atoms with Gasteiger partial charge in [-0.2, -0.15) is 11.8 Å². The highest BCUT2D eigenvalue weighted by molar-refractivity contribution is 7.98. The zero-order chi connectivity index (χ0) is 15.9. The van der Waals surface area contributed by atoms with Gasteiger partial charge < -0.3 is 9.84 Å². The maximum Gasteiger partial charge on any atom is 0.123 e. The molecule has 1 unspecified atom stereocenters. The number of aliphatic hydroxyl groups excluding tert-OH is 1. The van der Waals surface area contributed by atoms with Crippen LogP contribution in [0.4, 0.5) is 0 Å². The second-order valence-electron chi connectivity index (χ2n) is 6.48. The number of hydrogen-bond acceptors (Lipinski definition) is 4. The van der Waals surface area contributed by atoms with Crippen LogP contribution in [-0.4, -0.2) is 41.7 Å². The van der Waals surface area contributed by atoms with E-state index in [9.17, 15) is 5.11 Å². The predicted molar refractivity (Wildman–Crippen MR) is 94.6 cm³/mol. The van der Waals surface area contributed by atoms with Gasteiger partial charge in [0.05, 0.1) is 6.10 Å². The minimum Gasteiger partial charge on any atom is -0.492 e. The summed E-state index contributed by atoms with van der Waals surface area (Å²) in [6, 6.07) is 6.17. The van der Waals surface area contributed by atoms with Crippen molar-refractivity contribution in [2.45, 2.75) is 39.3 Å². The van der Waals surface area contributed by atoms with Gasteiger partial charge in [0.15, 0.2) is 0 Å². The number of ether oxygens (including phenoxy) is 1. The average Bonchev–Trinajstić information content (AvgIpc) is 2.67. The maximum absolute atomic E-state index is 10.3. The summed E-state index contributed by atoms with van der Waals surface area (Å²) in [4.78, 5) is 2.46. The first-order valence-corrected chi connectivity index (χ1v) is 9.64. The summed E-state index contributed by atoms with van der Waals surface area (Å²) in [5, 5.41) is 10.3. The Labute approximate surface area is 139 Å². The highest BCUT2D eigenvalue weighted by Gasteiger charge is 2.18. The highest BCUT2D eigenvalue weighted by atomic mass is 32.2. The third kappa shape index (κ3) is 5.18. The lowest BCUT2D eigenvalue weighted by Gasteiger charge is -2.20. The van der Waals surface area contributed by atoms with Crippen LogP contribution in [0.5, 0.6) is 5.75 Å². The third-order valence-electron chi connectivity index (χ3n) is 4.05. The monoisotopic (exact) mass is 323 g/mol. The molecule has 2 rings (SSSR count). The summed E-state index contributed by atoms with van der Waals surface area (Å²) >= 11 is 1.90. The Morgan fingerprint density at radius 3 is 2.91 bits per heavy atom. The largest absolute Gasteiger partial charge is 0.492 e. The lowest BCUT2D eigenvalue weighted by molar-refractivity contribution is 0.151. The Balaban J connectivity index is 2.06. The molecule has 1 heterocycles. The number of hydrogen-bond donors (Lipinski definition) is 1. The van der Waals surface area contributed by atoms with Gasteiger partial charge >= 0.3 is 0 Å². The van der Waals surface area contributed by atoms with Crippen molar-refractivity contribution in [1.82, 2.24) is 4.90 Å². The van der Waals surface area contributed by atoms with E-state index in [2.05, 4.69) is 31.1 Å². The molecule has 0 saturated carbocycles. The van der Waals surface area contributed by atoms with Crippen molar-refractivity contribution in [3.63, 3.8) is 0 Å². The predicted octanol–water partition coefficient (Wildman–Crippen LogP) is 3.71. The van der Waals surface area contributed by atoms with Gasteiger partial charge in [-0.05, 0) is 55.0 Å². The zero-order valence-corrected chi connectivity index (χ0v) is 14.9. The fourth-order valence-corrected chi connectivity index (χ4v) is 3.30. The zero-order valence-electron chi connectivity index (χ0n) is 14.0. The van der Waals surface area contributed by atoms with Crippen molar-refractivity contribution < 1.29 is 9.84 Å². The third-order valence-corrected chi connectivity index (χ3v) is 4.74. The van der Waals surface area contributed by atoms with Gasteiger partial charge in [0.1, 0.15) is 12.4 Å². The molecule has 0 aromatic heterocycles. The van der Waals surface area contributed by atoms with E-state index in [-0.39, 0.29) is 6.10 Å². The van der Waals surface area contributed by atoms with Crippen LogP contribution in [0, 0.1) is 5.92 Å². The summed E-state index contributed by atoms with van der Waals surface area (Å²) in [7, 11) is 0. The normalized spacial score (nSPS) is 17.0. The SMILES string of the molecule is CSCCCN1CCOc2ccc(C(O)CC(C)C)cc2C1. The molecule has 0 spiro atoms. The summed E-state index contributed by atoms with van der Waals surface area (Å²) < 4.78 is 5.87. The molecule has 3 nitrogen and oxygen atoms in total. The molecular weight excluding hydrogens is 294 g/mol. The molecule has 1 atom stereocenters. The van der Waals surface area contributed by atoms with E-state index in [4.69, 9.17) is 4.74 Å². The van der Waals surface area contributed by atoms with Gasteiger partial charge in [-0.1, -0.05) is 19.9 Å². The van der Waals surface area contributed by atoms with Crippen molar-refractivity contribution in [3.05, 3.63) is 29.3 Å². The van der Waals surface area contributed by atoms with E-state index < -0.39 is 0 Å². The van der Waals surface area contributed by atoms with Gasteiger partial charge in [-0.25, -0.2) is 0 Å². The average molecular weight is 324 g/mol. The highest BCUT2D eigenvalue weighted by Crippen LogP contribution is 2.29. The van der Waals surface area contributed by atoms with Crippen LogP contribution in [0.15, 0.2) is 18.2 Å². The molecule has 0 radical (unpaired) electrons. The number of nitrogens with zero attached hydrogens (tertiary/aromatic N) is 1. The molecule has 0 bridgehead atoms. The van der Waals surface area contributed by atoms with E-state index in [1.165, 1.54) is 17.7 Å². The van der Waals surface area contributed by atoms with E-state index >= 15 is 0 Å². The quantitative estimate of drug-likeness (QED) is 0.775. The van der Waals surface area contributed by atoms with Crippen molar-refractivity contribution in [1.29, 1.82) is 0 Å². The van der Waals surface area contributed by atoms with Gasteiger partial charge in [-0.3, -0.25) is 4.90 Å². The minimum absolute atomic E-state index is 0.376. The van der Waals surface area contributed by atoms with Crippen LogP contribution in [0.1, 0.15) is 43.9 Å². The number of aliphatic hydroxyl groups is 1. The summed E-state index contributed by atoms with van der Waals surface area (Å²) in [6.45, 7) is 8.05. The molecule has 124 valence electrons. The fraction of sp³-hybridized carbons (Fsp3) is 0.667. The Bertz CT molecular complexity index is 464. The molecule has 4 heteroatoms. The molecule has 0 fully saturated rings. The molecule has 1 N–H and O–H groups in total. The standard InChI is InChI=1S/C18H29NO2S/c1-14(2)11-17(20)15-5-6-18-16(12-15)13-19(8-9-21-18)7-4-10-22-3/h5-6,12,14,17,20H,4,7-11,13H2,1-3H3. The maximum atomic E-state index is 10.3. The van der Waals surface area contributed by atoms with Gasteiger partial charge in [0.25, 0.3) is 0 Å². The fourth-order valence-electron chi connectivity index (χ4n) is 2.88. The van der Waals surface area contributed by atoms with Crippen LogP contribution >= 0.6 is 11.8 Å². The van der Waals surface area contributed by atoms with E-state index in [0.29, 0.717) is 5.92 Å². The van der Waals surface area contributed by atoms with Crippen molar-refractivity contribution in [2.75, 3.05) is 31.7 Å². The van der Waals surface area contributed by atoms with Crippen LogP contribution in [0.3, 0.4) is 0 Å². The lowest BCUT2D eigenvalue weighted by atomic mass is 9.97. The molecular formula is C18H29NO2S. The molecule has 0 saturated heterocycles. The first-order chi connectivity index (χ1) is 10.6. The minimum atomic E-state index is -0.376. The number of rotatable bonds is 7. The van der Waals surface area contributed by atoms with Crippen LogP contribution in [-0.2, 0) is 6.54 Å².